The first-order valence-electron chi connectivity index (χ1n) is 12.4. The molecule has 8 aromatic rings. The molecule has 0 fully saturated rings. The highest BCUT2D eigenvalue weighted by Crippen LogP contribution is 2.33. The van der Waals surface area contributed by atoms with Crippen molar-refractivity contribution < 1.29 is 0 Å². The van der Waals surface area contributed by atoms with Crippen molar-refractivity contribution in [2.24, 2.45) is 0 Å². The van der Waals surface area contributed by atoms with Crippen molar-refractivity contribution >= 4 is 75.5 Å². The molecule has 0 saturated heterocycles. The fourth-order valence-electron chi connectivity index (χ4n) is 5.79. The SMILES string of the molecule is c1cc2cc(c1)c1ccccc1c1ccc3cccc(c4cc5c(ccc6ccc2cc65)cn4)c3c1. The minimum absolute atomic E-state index is 1.01. The molecule has 0 atom stereocenters. The normalized spacial score (nSPS) is 11.9. The molecule has 0 aliphatic rings. The molecule has 0 unspecified atom stereocenters. The maximum atomic E-state index is 4.93. The van der Waals surface area contributed by atoms with Crippen LogP contribution >= 0.6 is 0 Å². The number of pyridine rings is 1. The summed E-state index contributed by atoms with van der Waals surface area (Å²) in [6, 6.07) is 44.5. The predicted molar refractivity (Wildman–Crippen MR) is 156 cm³/mol. The van der Waals surface area contributed by atoms with Crippen LogP contribution in [-0.4, -0.2) is 4.98 Å². The number of fused-ring (bicyclic) bond motifs is 10. The molecule has 1 heteroatoms. The Hall–Kier alpha value is -4.75. The summed E-state index contributed by atoms with van der Waals surface area (Å²) in [5.74, 6) is 0. The highest BCUT2D eigenvalue weighted by atomic mass is 14.6. The summed E-state index contributed by atoms with van der Waals surface area (Å²) in [5, 5.41) is 15.9. The van der Waals surface area contributed by atoms with Crippen LogP contribution in [-0.2, 0) is 0 Å². The fourth-order valence-corrected chi connectivity index (χ4v) is 5.79. The molecule has 0 aliphatic carbocycles. The first-order chi connectivity index (χ1) is 17.8. The second-order valence-electron chi connectivity index (χ2n) is 9.66. The molecule has 166 valence electrons. The van der Waals surface area contributed by atoms with Gasteiger partial charge in [-0.1, -0.05) is 97.1 Å². The first-order valence-corrected chi connectivity index (χ1v) is 12.4. The molecule has 0 aliphatic heterocycles. The van der Waals surface area contributed by atoms with Gasteiger partial charge >= 0.3 is 0 Å². The first kappa shape index (κ1) is 19.5. The molecule has 0 spiro atoms. The van der Waals surface area contributed by atoms with E-state index >= 15 is 0 Å². The molecule has 1 nitrogen and oxygen atoms in total. The lowest BCUT2D eigenvalue weighted by Crippen LogP contribution is -1.83. The second-order valence-corrected chi connectivity index (χ2v) is 9.66. The monoisotopic (exact) mass is 455 g/mol. The standard InChI is InChI=1S/C35H21N/c1-2-9-30-27-15-12-22-5-4-10-31(32(22)19-27)35-20-34-28(21-36-35)16-13-23-11-14-25(18-33(23)34)24-6-3-7-26(17-24)29(30)8-1/h1-21H. The average Bonchev–Trinajstić information content (AvgIpc) is 2.96. The quantitative estimate of drug-likeness (QED) is 0.207. The van der Waals surface area contributed by atoms with Crippen molar-refractivity contribution in [3.63, 3.8) is 0 Å². The van der Waals surface area contributed by atoms with Gasteiger partial charge in [0, 0.05) is 17.0 Å². The zero-order valence-electron chi connectivity index (χ0n) is 19.6. The number of nitrogens with zero attached hydrogens (tertiary/aromatic N) is 1. The Morgan fingerprint density at radius 1 is 0.306 bits per heavy atom. The summed E-state index contributed by atoms with van der Waals surface area (Å²) >= 11 is 0. The highest BCUT2D eigenvalue weighted by molar-refractivity contribution is 6.16. The number of aromatic nitrogens is 1. The van der Waals surface area contributed by atoms with E-state index in [0.717, 1.165) is 16.3 Å². The van der Waals surface area contributed by atoms with Gasteiger partial charge in [0.05, 0.1) is 5.52 Å². The maximum absolute atomic E-state index is 4.93. The molecular weight excluding hydrogens is 434 g/mol. The minimum Gasteiger partial charge on any atom is -0.256 e. The van der Waals surface area contributed by atoms with E-state index in [1.54, 1.807) is 0 Å². The molecular formula is C35H21N. The fraction of sp³-hybridized carbons (Fsp3) is 0. The minimum atomic E-state index is 1.01. The summed E-state index contributed by atoms with van der Waals surface area (Å²) in [7, 11) is 0. The van der Waals surface area contributed by atoms with Gasteiger partial charge in [-0.25, -0.2) is 0 Å². The van der Waals surface area contributed by atoms with E-state index in [-0.39, 0.29) is 0 Å². The van der Waals surface area contributed by atoms with Crippen LogP contribution in [0, 0.1) is 0 Å². The predicted octanol–water partition coefficient (Wildman–Crippen LogP) is 9.72. The van der Waals surface area contributed by atoms with Gasteiger partial charge < -0.3 is 0 Å². The van der Waals surface area contributed by atoms with Crippen molar-refractivity contribution in [1.82, 2.24) is 4.98 Å². The van der Waals surface area contributed by atoms with Gasteiger partial charge in [0.1, 0.15) is 0 Å². The van der Waals surface area contributed by atoms with Crippen LogP contribution in [0.1, 0.15) is 0 Å². The molecule has 7 aromatic carbocycles. The molecule has 36 heavy (non-hydrogen) atoms. The molecule has 0 radical (unpaired) electrons. The maximum Gasteiger partial charge on any atom is 0.0714 e. The van der Waals surface area contributed by atoms with Crippen LogP contribution in [0.4, 0.5) is 0 Å². The molecule has 0 amide bonds. The lowest BCUT2D eigenvalue weighted by Gasteiger charge is -2.07. The lowest BCUT2D eigenvalue weighted by molar-refractivity contribution is 1.45. The van der Waals surface area contributed by atoms with E-state index in [1.165, 1.54) is 59.2 Å². The Labute approximate surface area is 207 Å². The van der Waals surface area contributed by atoms with Gasteiger partial charge in [-0.2, -0.15) is 0 Å². The molecule has 8 rings (SSSR count). The Kier molecular flexibility index (Phi) is 4.00. The van der Waals surface area contributed by atoms with Crippen molar-refractivity contribution in [1.29, 1.82) is 0 Å². The lowest BCUT2D eigenvalue weighted by atomic mass is 9.99. The third-order valence-electron chi connectivity index (χ3n) is 7.62. The number of rotatable bonds is 0. The molecule has 1 heterocycles. The van der Waals surface area contributed by atoms with E-state index < -0.39 is 0 Å². The van der Waals surface area contributed by atoms with E-state index in [4.69, 9.17) is 4.98 Å². The summed E-state index contributed by atoms with van der Waals surface area (Å²) < 4.78 is 0. The second kappa shape index (κ2) is 7.37. The molecule has 1 aromatic heterocycles. The van der Waals surface area contributed by atoms with Crippen molar-refractivity contribution in [2.45, 2.75) is 0 Å². The number of hydrogen-bond donors (Lipinski definition) is 0. The van der Waals surface area contributed by atoms with Gasteiger partial charge in [0.2, 0.25) is 0 Å². The Morgan fingerprint density at radius 3 is 1.67 bits per heavy atom. The smallest absolute Gasteiger partial charge is 0.0714 e. The number of benzene rings is 6. The third kappa shape index (κ3) is 2.87. The Morgan fingerprint density at radius 2 is 0.806 bits per heavy atom. The van der Waals surface area contributed by atoms with Gasteiger partial charge in [-0.05, 0) is 83.5 Å². The van der Waals surface area contributed by atoms with Crippen LogP contribution in [0.2, 0.25) is 0 Å². The Bertz CT molecular complexity index is 2210. The van der Waals surface area contributed by atoms with Crippen molar-refractivity contribution in [2.75, 3.05) is 0 Å². The summed E-state index contributed by atoms with van der Waals surface area (Å²) in [6.45, 7) is 0. The topological polar surface area (TPSA) is 12.9 Å². The van der Waals surface area contributed by atoms with Crippen molar-refractivity contribution in [3.8, 4) is 0 Å². The Balaban J connectivity index is 1.73. The number of hydrogen-bond acceptors (Lipinski definition) is 1. The molecule has 0 saturated carbocycles. The van der Waals surface area contributed by atoms with E-state index in [2.05, 4.69) is 121 Å². The van der Waals surface area contributed by atoms with Crippen molar-refractivity contribution in [3.05, 3.63) is 128 Å². The summed E-state index contributed by atoms with van der Waals surface area (Å²) in [4.78, 5) is 4.93. The van der Waals surface area contributed by atoms with Gasteiger partial charge in [-0.15, -0.1) is 0 Å². The average molecular weight is 456 g/mol. The van der Waals surface area contributed by atoms with Gasteiger partial charge in [0.25, 0.3) is 0 Å². The van der Waals surface area contributed by atoms with E-state index in [1.807, 2.05) is 6.20 Å². The molecule has 0 N–H and O–H groups in total. The van der Waals surface area contributed by atoms with E-state index in [0.29, 0.717) is 0 Å². The van der Waals surface area contributed by atoms with Crippen LogP contribution in [0.3, 0.4) is 0 Å². The summed E-state index contributed by atoms with van der Waals surface area (Å²) in [5.41, 5.74) is 1.01. The highest BCUT2D eigenvalue weighted by Gasteiger charge is 2.07. The van der Waals surface area contributed by atoms with Crippen LogP contribution in [0.25, 0.3) is 75.5 Å². The largest absolute Gasteiger partial charge is 0.256 e. The van der Waals surface area contributed by atoms with Crippen LogP contribution in [0.15, 0.2) is 128 Å². The molecule has 8 bridgehead atoms. The van der Waals surface area contributed by atoms with Gasteiger partial charge in [-0.3, -0.25) is 4.98 Å². The summed E-state index contributed by atoms with van der Waals surface area (Å²) in [6.07, 6.45) is 2.02. The van der Waals surface area contributed by atoms with Gasteiger partial charge in [0.15, 0.2) is 0 Å². The van der Waals surface area contributed by atoms with E-state index in [9.17, 15) is 0 Å². The zero-order valence-corrected chi connectivity index (χ0v) is 19.6. The van der Waals surface area contributed by atoms with Crippen LogP contribution in [0.5, 0.6) is 0 Å². The van der Waals surface area contributed by atoms with Crippen LogP contribution < -0.4 is 0 Å². The third-order valence-corrected chi connectivity index (χ3v) is 7.62. The zero-order chi connectivity index (χ0) is 23.6.